The molecule has 3 aromatic heterocycles. The van der Waals surface area contributed by atoms with Gasteiger partial charge in [-0.05, 0) is 47.9 Å². The van der Waals surface area contributed by atoms with Crippen molar-refractivity contribution in [3.05, 3.63) is 78.1 Å². The Morgan fingerprint density at radius 3 is 2.55 bits per heavy atom. The molecule has 0 aliphatic rings. The number of hydrogen-bond acceptors (Lipinski definition) is 6. The van der Waals surface area contributed by atoms with Gasteiger partial charge in [-0.25, -0.2) is 4.98 Å². The number of aromatic nitrogens is 4. The van der Waals surface area contributed by atoms with Crippen molar-refractivity contribution >= 4 is 34.3 Å². The summed E-state index contributed by atoms with van der Waals surface area (Å²) in [5, 5.41) is 14.2. The first kappa shape index (κ1) is 18.5. The molecule has 4 aromatic rings. The van der Waals surface area contributed by atoms with Crippen LogP contribution in [-0.2, 0) is 0 Å². The third kappa shape index (κ3) is 4.35. The maximum atomic E-state index is 12.5. The Hall–Kier alpha value is -3.87. The Morgan fingerprint density at radius 2 is 1.76 bits per heavy atom. The van der Waals surface area contributed by atoms with Crippen LogP contribution in [0.4, 0.5) is 17.3 Å². The molecule has 0 spiro atoms. The molecule has 29 heavy (non-hydrogen) atoms. The lowest BCUT2D eigenvalue weighted by atomic mass is 10.1. The van der Waals surface area contributed by atoms with E-state index >= 15 is 0 Å². The van der Waals surface area contributed by atoms with Crippen molar-refractivity contribution in [2.45, 2.75) is 19.8 Å². The zero-order chi connectivity index (χ0) is 20.2. The van der Waals surface area contributed by atoms with E-state index < -0.39 is 0 Å². The number of benzene rings is 1. The minimum atomic E-state index is -0.235. The van der Waals surface area contributed by atoms with Gasteiger partial charge >= 0.3 is 0 Å². The SMILES string of the molecule is CC(C)c1cnnc(Nc2ccc3ncc(C(=O)Nc4ccccc4)cc3n2)c1. The Labute approximate surface area is 168 Å². The van der Waals surface area contributed by atoms with Gasteiger partial charge in [-0.15, -0.1) is 5.10 Å². The van der Waals surface area contributed by atoms with Crippen LogP contribution in [0.15, 0.2) is 67.0 Å². The Kier molecular flexibility index (Phi) is 5.11. The highest BCUT2D eigenvalue weighted by molar-refractivity contribution is 6.05. The van der Waals surface area contributed by atoms with Gasteiger partial charge in [0.1, 0.15) is 5.82 Å². The molecular formula is C22H20N6O. The highest BCUT2D eigenvalue weighted by Crippen LogP contribution is 2.20. The summed E-state index contributed by atoms with van der Waals surface area (Å²) in [6, 6.07) is 16.6. The van der Waals surface area contributed by atoms with Crippen LogP contribution in [0.5, 0.6) is 0 Å². The van der Waals surface area contributed by atoms with Gasteiger partial charge in [0.05, 0.1) is 22.8 Å². The van der Waals surface area contributed by atoms with Gasteiger partial charge in [-0.1, -0.05) is 32.0 Å². The van der Waals surface area contributed by atoms with Gasteiger partial charge in [0.15, 0.2) is 5.82 Å². The van der Waals surface area contributed by atoms with E-state index in [1.807, 2.05) is 48.5 Å². The third-order valence-corrected chi connectivity index (χ3v) is 4.43. The van der Waals surface area contributed by atoms with E-state index in [4.69, 9.17) is 0 Å². The van der Waals surface area contributed by atoms with Crippen LogP contribution >= 0.6 is 0 Å². The molecule has 0 aliphatic carbocycles. The summed E-state index contributed by atoms with van der Waals surface area (Å²) < 4.78 is 0. The molecule has 7 heteroatoms. The number of fused-ring (bicyclic) bond motifs is 1. The standard InChI is InChI=1S/C22H20N6O/c1-14(2)15-11-21(28-24-13-15)27-20-9-8-18-19(26-20)10-16(12-23-18)22(29)25-17-6-4-3-5-7-17/h3-14H,1-2H3,(H,25,29)(H,26,27,28). The molecule has 0 fully saturated rings. The Bertz CT molecular complexity index is 1160. The fourth-order valence-corrected chi connectivity index (χ4v) is 2.81. The zero-order valence-corrected chi connectivity index (χ0v) is 16.1. The lowest BCUT2D eigenvalue weighted by molar-refractivity contribution is 0.102. The molecule has 0 aliphatic heterocycles. The average Bonchev–Trinajstić information content (AvgIpc) is 2.74. The maximum absolute atomic E-state index is 12.5. The second-order valence-electron chi connectivity index (χ2n) is 6.93. The monoisotopic (exact) mass is 384 g/mol. The topological polar surface area (TPSA) is 92.7 Å². The molecule has 1 amide bonds. The van der Waals surface area contributed by atoms with Crippen LogP contribution in [0.3, 0.4) is 0 Å². The van der Waals surface area contributed by atoms with Crippen molar-refractivity contribution in [2.24, 2.45) is 0 Å². The molecule has 144 valence electrons. The van der Waals surface area contributed by atoms with E-state index in [2.05, 4.69) is 44.6 Å². The molecule has 0 saturated carbocycles. The molecular weight excluding hydrogens is 364 g/mol. The highest BCUT2D eigenvalue weighted by atomic mass is 16.1. The van der Waals surface area contributed by atoms with E-state index in [1.54, 1.807) is 18.5 Å². The minimum Gasteiger partial charge on any atom is -0.323 e. The number of amides is 1. The van der Waals surface area contributed by atoms with Gasteiger partial charge in [-0.3, -0.25) is 9.78 Å². The number of carbonyl (C=O) groups excluding carboxylic acids is 1. The van der Waals surface area contributed by atoms with Crippen molar-refractivity contribution in [3.8, 4) is 0 Å². The molecule has 2 N–H and O–H groups in total. The van der Waals surface area contributed by atoms with Crippen molar-refractivity contribution in [1.29, 1.82) is 0 Å². The Balaban J connectivity index is 1.58. The van der Waals surface area contributed by atoms with E-state index in [1.165, 1.54) is 0 Å². The molecule has 4 rings (SSSR count). The maximum Gasteiger partial charge on any atom is 0.257 e. The minimum absolute atomic E-state index is 0.235. The van der Waals surface area contributed by atoms with E-state index in [-0.39, 0.29) is 5.91 Å². The predicted octanol–water partition coefficient (Wildman–Crippen LogP) is 4.54. The van der Waals surface area contributed by atoms with Gasteiger partial charge < -0.3 is 10.6 Å². The number of nitrogens with zero attached hydrogens (tertiary/aromatic N) is 4. The van der Waals surface area contributed by atoms with Crippen molar-refractivity contribution < 1.29 is 4.79 Å². The lowest BCUT2D eigenvalue weighted by Gasteiger charge is -2.09. The summed E-state index contributed by atoms with van der Waals surface area (Å²) in [6.07, 6.45) is 3.30. The average molecular weight is 384 g/mol. The second-order valence-corrected chi connectivity index (χ2v) is 6.93. The molecule has 0 saturated heterocycles. The first-order valence-corrected chi connectivity index (χ1v) is 9.31. The van der Waals surface area contributed by atoms with Crippen LogP contribution in [0.2, 0.25) is 0 Å². The summed E-state index contributed by atoms with van der Waals surface area (Å²) in [6.45, 7) is 4.20. The highest BCUT2D eigenvalue weighted by Gasteiger charge is 2.10. The van der Waals surface area contributed by atoms with Crippen LogP contribution in [-0.4, -0.2) is 26.1 Å². The van der Waals surface area contributed by atoms with Crippen molar-refractivity contribution in [3.63, 3.8) is 0 Å². The quantitative estimate of drug-likeness (QED) is 0.525. The van der Waals surface area contributed by atoms with Crippen LogP contribution in [0.25, 0.3) is 11.0 Å². The number of para-hydroxylation sites is 1. The van der Waals surface area contributed by atoms with Gasteiger partial charge in [-0.2, -0.15) is 5.10 Å². The molecule has 3 heterocycles. The summed E-state index contributed by atoms with van der Waals surface area (Å²) in [5.41, 5.74) is 3.57. The third-order valence-electron chi connectivity index (χ3n) is 4.43. The lowest BCUT2D eigenvalue weighted by Crippen LogP contribution is -2.12. The zero-order valence-electron chi connectivity index (χ0n) is 16.1. The number of hydrogen-bond donors (Lipinski definition) is 2. The van der Waals surface area contributed by atoms with Crippen LogP contribution < -0.4 is 10.6 Å². The first-order chi connectivity index (χ1) is 14.1. The van der Waals surface area contributed by atoms with E-state index in [0.29, 0.717) is 34.2 Å². The van der Waals surface area contributed by atoms with E-state index in [0.717, 1.165) is 11.3 Å². The fraction of sp³-hybridized carbons (Fsp3) is 0.136. The number of nitrogens with one attached hydrogen (secondary N) is 2. The smallest absolute Gasteiger partial charge is 0.257 e. The van der Waals surface area contributed by atoms with Gasteiger partial charge in [0.25, 0.3) is 5.91 Å². The van der Waals surface area contributed by atoms with Gasteiger partial charge in [0.2, 0.25) is 0 Å². The number of pyridine rings is 2. The predicted molar refractivity (Wildman–Crippen MR) is 113 cm³/mol. The molecule has 0 atom stereocenters. The Morgan fingerprint density at radius 1 is 0.931 bits per heavy atom. The van der Waals surface area contributed by atoms with Crippen molar-refractivity contribution in [1.82, 2.24) is 20.2 Å². The van der Waals surface area contributed by atoms with Crippen molar-refractivity contribution in [2.75, 3.05) is 10.6 Å². The summed E-state index contributed by atoms with van der Waals surface area (Å²) in [5.74, 6) is 1.34. The molecule has 7 nitrogen and oxygen atoms in total. The fourth-order valence-electron chi connectivity index (χ4n) is 2.81. The van der Waals surface area contributed by atoms with Crippen LogP contribution in [0, 0.1) is 0 Å². The normalized spacial score (nSPS) is 10.9. The number of rotatable bonds is 5. The molecule has 0 radical (unpaired) electrons. The summed E-state index contributed by atoms with van der Waals surface area (Å²) >= 11 is 0. The molecule has 1 aromatic carbocycles. The molecule has 0 unspecified atom stereocenters. The summed E-state index contributed by atoms with van der Waals surface area (Å²) in [4.78, 5) is 21.4. The van der Waals surface area contributed by atoms with Gasteiger partial charge in [0, 0.05) is 11.9 Å². The second kappa shape index (κ2) is 8.02. The number of anilines is 3. The largest absolute Gasteiger partial charge is 0.323 e. The molecule has 0 bridgehead atoms. The first-order valence-electron chi connectivity index (χ1n) is 9.31. The van der Waals surface area contributed by atoms with Crippen LogP contribution in [0.1, 0.15) is 35.7 Å². The van der Waals surface area contributed by atoms with E-state index in [9.17, 15) is 4.79 Å². The number of carbonyl (C=O) groups is 1. The summed E-state index contributed by atoms with van der Waals surface area (Å²) in [7, 11) is 0.